The maximum absolute atomic E-state index is 14.3. The van der Waals surface area contributed by atoms with E-state index >= 15 is 0 Å². The molecule has 2 aliphatic heterocycles. The standard InChI is InChI=1S/C31H38N4O6/c1-17(34(4)30(40)41)27(37)33-22-15-19-11-8-14-24(36)25(19)23-16-31(2,3)26(35(23)29(22)39)28(38)32-21-13-7-10-18-9-5-6-12-20(18)21/h5-6,8-9,11-12,14,17,21-23,26,36H,7,10,13,15-16H2,1-4H3,(H,32,38)(H,33,37)(H,40,41)/t17-,21+,22-,23+,26?/m0/s1. The Morgan fingerprint density at radius 1 is 1.05 bits per heavy atom. The van der Waals surface area contributed by atoms with E-state index in [1.165, 1.54) is 19.5 Å². The minimum atomic E-state index is -1.27. The van der Waals surface area contributed by atoms with E-state index in [0.717, 1.165) is 29.7 Å². The van der Waals surface area contributed by atoms with Crippen LogP contribution in [-0.4, -0.2) is 69.0 Å². The molecule has 10 nitrogen and oxygen atoms in total. The van der Waals surface area contributed by atoms with Gasteiger partial charge in [0.1, 0.15) is 23.9 Å². The average molecular weight is 563 g/mol. The molecule has 1 unspecified atom stereocenters. The summed E-state index contributed by atoms with van der Waals surface area (Å²) in [6.07, 6.45) is 1.98. The summed E-state index contributed by atoms with van der Waals surface area (Å²) in [6, 6.07) is 9.49. The van der Waals surface area contributed by atoms with E-state index in [4.69, 9.17) is 0 Å². The lowest BCUT2D eigenvalue weighted by molar-refractivity contribution is -0.145. The predicted octanol–water partition coefficient (Wildman–Crippen LogP) is 3.29. The van der Waals surface area contributed by atoms with Crippen molar-refractivity contribution in [2.24, 2.45) is 5.41 Å². The Morgan fingerprint density at radius 2 is 1.76 bits per heavy atom. The zero-order valence-electron chi connectivity index (χ0n) is 23.9. The van der Waals surface area contributed by atoms with Gasteiger partial charge in [-0.25, -0.2) is 4.79 Å². The van der Waals surface area contributed by atoms with Crippen molar-refractivity contribution in [1.29, 1.82) is 0 Å². The zero-order valence-corrected chi connectivity index (χ0v) is 23.9. The van der Waals surface area contributed by atoms with Gasteiger partial charge in [0.2, 0.25) is 17.7 Å². The quantitative estimate of drug-likeness (QED) is 0.441. The van der Waals surface area contributed by atoms with Gasteiger partial charge >= 0.3 is 6.09 Å². The molecule has 0 aromatic heterocycles. The van der Waals surface area contributed by atoms with E-state index in [1.807, 2.05) is 38.1 Å². The van der Waals surface area contributed by atoms with Crippen LogP contribution in [0.25, 0.3) is 0 Å². The fourth-order valence-electron chi connectivity index (χ4n) is 6.82. The number of phenols is 1. The van der Waals surface area contributed by atoms with Crippen LogP contribution in [0, 0.1) is 5.41 Å². The van der Waals surface area contributed by atoms with Crippen LogP contribution in [0.5, 0.6) is 5.75 Å². The van der Waals surface area contributed by atoms with Gasteiger partial charge in [-0.1, -0.05) is 50.2 Å². The molecule has 0 saturated carbocycles. The molecular formula is C31H38N4O6. The molecule has 3 aliphatic rings. The molecule has 0 radical (unpaired) electrons. The van der Waals surface area contributed by atoms with Gasteiger partial charge in [-0.15, -0.1) is 0 Å². The molecule has 4 N–H and O–H groups in total. The van der Waals surface area contributed by atoms with E-state index in [9.17, 15) is 29.4 Å². The molecule has 1 fully saturated rings. The average Bonchev–Trinajstić information content (AvgIpc) is 3.16. The summed E-state index contributed by atoms with van der Waals surface area (Å²) < 4.78 is 0. The maximum atomic E-state index is 14.3. The Bertz CT molecular complexity index is 1390. The third-order valence-electron chi connectivity index (χ3n) is 9.07. The summed E-state index contributed by atoms with van der Waals surface area (Å²) in [5.74, 6) is -1.28. The summed E-state index contributed by atoms with van der Waals surface area (Å²) in [5.41, 5.74) is 2.95. The molecule has 5 rings (SSSR count). The summed E-state index contributed by atoms with van der Waals surface area (Å²) in [6.45, 7) is 5.35. The van der Waals surface area contributed by atoms with Gasteiger partial charge in [0.25, 0.3) is 0 Å². The van der Waals surface area contributed by atoms with Crippen LogP contribution < -0.4 is 10.6 Å². The highest BCUT2D eigenvalue weighted by Crippen LogP contribution is 2.52. The number of nitrogens with one attached hydrogen (secondary N) is 2. The molecule has 10 heteroatoms. The first-order chi connectivity index (χ1) is 19.4. The Labute approximate surface area is 239 Å². The van der Waals surface area contributed by atoms with Crippen LogP contribution in [0.1, 0.15) is 74.4 Å². The molecular weight excluding hydrogens is 524 g/mol. The smallest absolute Gasteiger partial charge is 0.407 e. The number of carbonyl (C=O) groups is 4. The first kappa shape index (κ1) is 28.4. The molecule has 0 spiro atoms. The number of fused-ring (bicyclic) bond motifs is 4. The van der Waals surface area contributed by atoms with Gasteiger partial charge in [-0.2, -0.15) is 0 Å². The predicted molar refractivity (Wildman–Crippen MR) is 151 cm³/mol. The van der Waals surface area contributed by atoms with Crippen LogP contribution in [0.15, 0.2) is 42.5 Å². The van der Waals surface area contributed by atoms with Crippen LogP contribution in [0.4, 0.5) is 4.79 Å². The summed E-state index contributed by atoms with van der Waals surface area (Å²) in [4.78, 5) is 55.4. The fourth-order valence-corrected chi connectivity index (χ4v) is 6.82. The highest BCUT2D eigenvalue weighted by atomic mass is 16.4. The lowest BCUT2D eigenvalue weighted by Crippen LogP contribution is -2.58. The fraction of sp³-hybridized carbons (Fsp3) is 0.484. The van der Waals surface area contributed by atoms with Crippen molar-refractivity contribution >= 4 is 23.8 Å². The molecule has 4 amide bonds. The number of benzene rings is 2. The summed E-state index contributed by atoms with van der Waals surface area (Å²) >= 11 is 0. The highest BCUT2D eigenvalue weighted by Gasteiger charge is 2.56. The number of phenolic OH excluding ortho intramolecular Hbond substituents is 1. The molecule has 218 valence electrons. The van der Waals surface area contributed by atoms with Gasteiger partial charge in [-0.05, 0) is 60.8 Å². The number of aryl methyl sites for hydroxylation is 1. The minimum absolute atomic E-state index is 0.0364. The van der Waals surface area contributed by atoms with Crippen molar-refractivity contribution in [1.82, 2.24) is 20.4 Å². The second-order valence-electron chi connectivity index (χ2n) is 12.2. The molecule has 2 aromatic rings. The van der Waals surface area contributed by atoms with E-state index < -0.39 is 47.5 Å². The van der Waals surface area contributed by atoms with Crippen molar-refractivity contribution in [3.63, 3.8) is 0 Å². The third-order valence-corrected chi connectivity index (χ3v) is 9.07. The molecule has 2 aromatic carbocycles. The maximum Gasteiger partial charge on any atom is 0.407 e. The third kappa shape index (κ3) is 5.11. The van der Waals surface area contributed by atoms with Crippen LogP contribution in [-0.2, 0) is 27.2 Å². The Kier molecular flexibility index (Phi) is 7.44. The summed E-state index contributed by atoms with van der Waals surface area (Å²) in [7, 11) is 1.29. The number of carbonyl (C=O) groups excluding carboxylic acids is 3. The van der Waals surface area contributed by atoms with Crippen molar-refractivity contribution in [3.8, 4) is 5.75 Å². The first-order valence-corrected chi connectivity index (χ1v) is 14.2. The molecule has 1 saturated heterocycles. The summed E-state index contributed by atoms with van der Waals surface area (Å²) in [5, 5.41) is 26.3. The topological polar surface area (TPSA) is 139 Å². The Balaban J connectivity index is 1.50. The lowest BCUT2D eigenvalue weighted by atomic mass is 9.80. The second-order valence-corrected chi connectivity index (χ2v) is 12.2. The monoisotopic (exact) mass is 562 g/mol. The van der Waals surface area contributed by atoms with E-state index in [1.54, 1.807) is 17.0 Å². The Morgan fingerprint density at radius 3 is 2.49 bits per heavy atom. The van der Waals surface area contributed by atoms with Crippen molar-refractivity contribution in [3.05, 3.63) is 64.7 Å². The largest absolute Gasteiger partial charge is 0.508 e. The lowest BCUT2D eigenvalue weighted by Gasteiger charge is -2.36. The van der Waals surface area contributed by atoms with Crippen molar-refractivity contribution in [2.75, 3.05) is 7.05 Å². The highest BCUT2D eigenvalue weighted by molar-refractivity contribution is 5.95. The van der Waals surface area contributed by atoms with Crippen molar-refractivity contribution < 1.29 is 29.4 Å². The second kappa shape index (κ2) is 10.7. The van der Waals surface area contributed by atoms with Gasteiger partial charge in [-0.3, -0.25) is 19.3 Å². The number of likely N-dealkylation sites (N-methyl/N-ethyl adjacent to an activating group) is 1. The van der Waals surface area contributed by atoms with E-state index in [-0.39, 0.29) is 24.1 Å². The minimum Gasteiger partial charge on any atom is -0.508 e. The number of rotatable bonds is 5. The number of hydrogen-bond donors (Lipinski definition) is 4. The van der Waals surface area contributed by atoms with Crippen LogP contribution >= 0.6 is 0 Å². The first-order valence-electron chi connectivity index (χ1n) is 14.2. The number of aromatic hydroxyl groups is 1. The molecule has 41 heavy (non-hydrogen) atoms. The zero-order chi connectivity index (χ0) is 29.6. The SMILES string of the molecule is C[C@@H](C(=O)N[C@H]1Cc2cccc(O)c2[C@H]2CC(C)(C)C(C(=O)N[C@@H]3CCCc4ccccc43)N2C1=O)N(C)C(=O)O. The molecule has 1 aliphatic carbocycles. The van der Waals surface area contributed by atoms with E-state index in [2.05, 4.69) is 16.7 Å². The normalized spacial score (nSPS) is 25.2. The number of carboxylic acid groups (broad SMARTS) is 1. The van der Waals surface area contributed by atoms with Crippen molar-refractivity contribution in [2.45, 2.75) is 83.1 Å². The van der Waals surface area contributed by atoms with Crippen LogP contribution in [0.2, 0.25) is 0 Å². The van der Waals surface area contributed by atoms with Gasteiger partial charge in [0.05, 0.1) is 12.1 Å². The number of hydrogen-bond acceptors (Lipinski definition) is 5. The van der Waals surface area contributed by atoms with Gasteiger partial charge in [0, 0.05) is 19.0 Å². The van der Waals surface area contributed by atoms with Crippen LogP contribution in [0.3, 0.4) is 0 Å². The Hall–Kier alpha value is -4.08. The van der Waals surface area contributed by atoms with Gasteiger partial charge < -0.3 is 25.7 Å². The molecule has 5 atom stereocenters. The molecule has 2 heterocycles. The molecule has 0 bridgehead atoms. The number of nitrogens with zero attached hydrogens (tertiary/aromatic N) is 2. The number of amides is 4. The van der Waals surface area contributed by atoms with Gasteiger partial charge in [0.15, 0.2) is 0 Å². The van der Waals surface area contributed by atoms with E-state index in [0.29, 0.717) is 17.5 Å².